The Hall–Kier alpha value is -2.28. The Morgan fingerprint density at radius 3 is 2.21 bits per heavy atom. The van der Waals surface area contributed by atoms with Crippen LogP contribution in [-0.2, 0) is 6.54 Å². The maximum absolute atomic E-state index is 13.3. The van der Waals surface area contributed by atoms with E-state index in [1.54, 1.807) is 10.6 Å². The van der Waals surface area contributed by atoms with E-state index in [2.05, 4.69) is 4.98 Å². The van der Waals surface area contributed by atoms with Crippen LogP contribution in [0, 0.1) is 23.7 Å². The number of ether oxygens (including phenoxy) is 3. The monoisotopic (exact) mass is 400 g/mol. The van der Waals surface area contributed by atoms with E-state index >= 15 is 0 Å². The van der Waals surface area contributed by atoms with E-state index in [0.29, 0.717) is 34.7 Å². The second kappa shape index (κ2) is 6.62. The number of fused-ring (bicyclic) bond motifs is 1. The van der Waals surface area contributed by atoms with Gasteiger partial charge in [0.1, 0.15) is 5.52 Å². The van der Waals surface area contributed by atoms with Crippen LogP contribution in [-0.4, -0.2) is 41.6 Å². The predicted octanol–water partition coefficient (Wildman–Crippen LogP) is 2.61. The fourth-order valence-electron chi connectivity index (χ4n) is 6.41. The lowest BCUT2D eigenvalue weighted by molar-refractivity contribution is -0.180. The Balaban J connectivity index is 1.58. The van der Waals surface area contributed by atoms with Gasteiger partial charge in [-0.1, -0.05) is 0 Å². The zero-order chi connectivity index (χ0) is 20.3. The summed E-state index contributed by atoms with van der Waals surface area (Å²) in [4.78, 5) is 17.8. The van der Waals surface area contributed by atoms with Gasteiger partial charge in [-0.2, -0.15) is 0 Å². The normalized spacial score (nSPS) is 32.6. The van der Waals surface area contributed by atoms with Crippen LogP contribution < -0.4 is 19.8 Å². The average Bonchev–Trinajstić information content (AvgIpc) is 2.72. The smallest absolute Gasteiger partial charge is 0.261 e. The summed E-state index contributed by atoms with van der Waals surface area (Å²) in [5.41, 5.74) is -0.590. The quantitative estimate of drug-likeness (QED) is 0.831. The van der Waals surface area contributed by atoms with E-state index in [9.17, 15) is 9.90 Å². The van der Waals surface area contributed by atoms with Gasteiger partial charge in [-0.05, 0) is 61.8 Å². The van der Waals surface area contributed by atoms with Gasteiger partial charge in [0, 0.05) is 0 Å². The maximum Gasteiger partial charge on any atom is 0.261 e. The van der Waals surface area contributed by atoms with Crippen molar-refractivity contribution in [3.63, 3.8) is 0 Å². The molecule has 156 valence electrons. The number of rotatable bonds is 5. The average molecular weight is 400 g/mol. The summed E-state index contributed by atoms with van der Waals surface area (Å²) >= 11 is 0. The number of aromatic nitrogens is 2. The number of nitrogens with zero attached hydrogens (tertiary/aromatic N) is 2. The van der Waals surface area contributed by atoms with Crippen molar-refractivity contribution in [3.05, 3.63) is 22.7 Å². The predicted molar refractivity (Wildman–Crippen MR) is 108 cm³/mol. The molecule has 1 aromatic carbocycles. The van der Waals surface area contributed by atoms with E-state index in [0.717, 1.165) is 37.5 Å². The molecule has 1 aromatic heterocycles. The molecule has 4 saturated carbocycles. The third-order valence-electron chi connectivity index (χ3n) is 7.60. The van der Waals surface area contributed by atoms with Crippen molar-refractivity contribution < 1.29 is 19.3 Å². The minimum absolute atomic E-state index is 0.198. The first-order valence-corrected chi connectivity index (χ1v) is 10.4. The van der Waals surface area contributed by atoms with Crippen molar-refractivity contribution >= 4 is 10.9 Å². The van der Waals surface area contributed by atoms with Gasteiger partial charge in [0.25, 0.3) is 5.56 Å². The standard InChI is InChI=1S/C22H28N2O5/c1-27-17-9-16-18(20(29-3)19(17)28-2)23-11-24(21(16)25)10-22(26)14-5-12-4-13(7-14)8-15(22)6-12/h9,11-15,26H,4-8,10H2,1-3H3. The molecule has 0 unspecified atom stereocenters. The molecule has 29 heavy (non-hydrogen) atoms. The molecule has 2 aromatic rings. The number of methoxy groups -OCH3 is 3. The molecule has 4 aliphatic carbocycles. The zero-order valence-electron chi connectivity index (χ0n) is 17.2. The van der Waals surface area contributed by atoms with Crippen LogP contribution in [0.25, 0.3) is 10.9 Å². The largest absolute Gasteiger partial charge is 0.493 e. The molecular formula is C22H28N2O5. The van der Waals surface area contributed by atoms with Crippen molar-refractivity contribution in [1.82, 2.24) is 9.55 Å². The van der Waals surface area contributed by atoms with Gasteiger partial charge in [-0.15, -0.1) is 0 Å². The number of hydrogen-bond donors (Lipinski definition) is 1. The van der Waals surface area contributed by atoms with Crippen LogP contribution in [0.5, 0.6) is 17.2 Å². The van der Waals surface area contributed by atoms with Crippen LogP contribution in [0.3, 0.4) is 0 Å². The van der Waals surface area contributed by atoms with Crippen molar-refractivity contribution in [2.75, 3.05) is 21.3 Å². The minimum Gasteiger partial charge on any atom is -0.493 e. The van der Waals surface area contributed by atoms with Crippen LogP contribution in [0.2, 0.25) is 0 Å². The summed E-state index contributed by atoms with van der Waals surface area (Å²) in [6, 6.07) is 1.64. The highest BCUT2D eigenvalue weighted by atomic mass is 16.5. The first-order chi connectivity index (χ1) is 14.0. The molecular weight excluding hydrogens is 372 g/mol. The molecule has 7 nitrogen and oxygen atoms in total. The molecule has 6 rings (SSSR count). The second-order valence-corrected chi connectivity index (χ2v) is 9.01. The van der Waals surface area contributed by atoms with Crippen LogP contribution in [0.15, 0.2) is 17.2 Å². The third kappa shape index (κ3) is 2.66. The minimum atomic E-state index is -0.826. The first kappa shape index (κ1) is 18.7. The SMILES string of the molecule is COc1cc2c(=O)n(CC3(O)C4CC5CC(C4)CC3C5)cnc2c(OC)c1OC. The van der Waals surface area contributed by atoms with E-state index in [1.165, 1.54) is 34.1 Å². The van der Waals surface area contributed by atoms with Crippen molar-refractivity contribution in [2.45, 2.75) is 44.2 Å². The van der Waals surface area contributed by atoms with Crippen LogP contribution in [0.1, 0.15) is 32.1 Å². The molecule has 7 heteroatoms. The van der Waals surface area contributed by atoms with Gasteiger partial charge in [0.05, 0.1) is 45.2 Å². The maximum atomic E-state index is 13.3. The summed E-state index contributed by atoms with van der Waals surface area (Å²) in [7, 11) is 4.56. The fraction of sp³-hybridized carbons (Fsp3) is 0.636. The summed E-state index contributed by atoms with van der Waals surface area (Å²) in [5, 5.41) is 12.1. The molecule has 0 spiro atoms. The number of aliphatic hydroxyl groups is 1. The lowest BCUT2D eigenvalue weighted by Gasteiger charge is -2.59. The summed E-state index contributed by atoms with van der Waals surface area (Å²) in [5.74, 6) is 3.27. The Labute approximate surface area is 169 Å². The Morgan fingerprint density at radius 1 is 1.03 bits per heavy atom. The van der Waals surface area contributed by atoms with Gasteiger partial charge in [-0.3, -0.25) is 9.36 Å². The molecule has 4 fully saturated rings. The second-order valence-electron chi connectivity index (χ2n) is 9.01. The summed E-state index contributed by atoms with van der Waals surface area (Å²) in [6.07, 6.45) is 7.18. The van der Waals surface area contributed by atoms with Gasteiger partial charge in [0.2, 0.25) is 5.75 Å². The highest BCUT2D eigenvalue weighted by Crippen LogP contribution is 2.58. The molecule has 0 atom stereocenters. The van der Waals surface area contributed by atoms with E-state index in [1.807, 2.05) is 0 Å². The summed E-state index contributed by atoms with van der Waals surface area (Å²) < 4.78 is 17.8. The fourth-order valence-corrected chi connectivity index (χ4v) is 6.41. The van der Waals surface area contributed by atoms with Crippen molar-refractivity contribution in [2.24, 2.45) is 23.7 Å². The van der Waals surface area contributed by atoms with Gasteiger partial charge < -0.3 is 19.3 Å². The van der Waals surface area contributed by atoms with E-state index in [-0.39, 0.29) is 17.4 Å². The lowest BCUT2D eigenvalue weighted by atomic mass is 9.50. The molecule has 1 heterocycles. The Bertz CT molecular complexity index is 986. The Morgan fingerprint density at radius 2 is 1.66 bits per heavy atom. The third-order valence-corrected chi connectivity index (χ3v) is 7.60. The van der Waals surface area contributed by atoms with Gasteiger partial charge in [0.15, 0.2) is 11.5 Å². The van der Waals surface area contributed by atoms with Gasteiger partial charge >= 0.3 is 0 Å². The molecule has 0 aliphatic heterocycles. The van der Waals surface area contributed by atoms with Crippen LogP contribution in [0.4, 0.5) is 0 Å². The first-order valence-electron chi connectivity index (χ1n) is 10.4. The Kier molecular flexibility index (Phi) is 4.28. The molecule has 4 bridgehead atoms. The van der Waals surface area contributed by atoms with Crippen molar-refractivity contribution in [3.8, 4) is 17.2 Å². The molecule has 4 aliphatic rings. The lowest BCUT2D eigenvalue weighted by Crippen LogP contribution is -2.60. The molecule has 0 radical (unpaired) electrons. The molecule has 0 amide bonds. The topological polar surface area (TPSA) is 82.8 Å². The number of hydrogen-bond acceptors (Lipinski definition) is 6. The molecule has 0 saturated heterocycles. The van der Waals surface area contributed by atoms with Gasteiger partial charge in [-0.25, -0.2) is 4.98 Å². The van der Waals surface area contributed by atoms with E-state index in [4.69, 9.17) is 14.2 Å². The summed E-state index contributed by atoms with van der Waals surface area (Å²) in [6.45, 7) is 0.292. The number of benzene rings is 1. The van der Waals surface area contributed by atoms with E-state index < -0.39 is 5.60 Å². The molecule has 1 N–H and O–H groups in total. The zero-order valence-corrected chi connectivity index (χ0v) is 17.2. The highest BCUT2D eigenvalue weighted by molar-refractivity contribution is 5.89. The highest BCUT2D eigenvalue weighted by Gasteiger charge is 2.56. The van der Waals surface area contributed by atoms with Crippen LogP contribution >= 0.6 is 0 Å². The van der Waals surface area contributed by atoms with Crippen molar-refractivity contribution in [1.29, 1.82) is 0 Å².